The summed E-state index contributed by atoms with van der Waals surface area (Å²) in [6.45, 7) is 0.793. The van der Waals surface area contributed by atoms with E-state index in [0.29, 0.717) is 12.1 Å². The third-order valence-electron chi connectivity index (χ3n) is 3.24. The van der Waals surface area contributed by atoms with Crippen LogP contribution in [0.25, 0.3) is 0 Å². The molecule has 0 spiro atoms. The second-order valence-corrected chi connectivity index (χ2v) is 4.42. The van der Waals surface area contributed by atoms with Crippen molar-refractivity contribution in [2.45, 2.75) is 25.4 Å². The molecule has 1 heterocycles. The largest absolute Gasteiger partial charge is 0.394 e. The topological polar surface area (TPSA) is 52.6 Å². The minimum atomic E-state index is -0.321. The predicted octanol–water partition coefficient (Wildman–Crippen LogP) is 1.49. The standard InChI is InChI=1S/C13H17FN2O2/c14-12-6-2-1-4-10(12)8-15-13(18)16-7-3-5-11(16)9-17/h1-2,4,6,11,17H,3,5,7-9H2,(H,15,18)/t11-/m0/s1. The van der Waals surface area contributed by atoms with Gasteiger partial charge in [-0.15, -0.1) is 0 Å². The molecule has 2 amide bonds. The lowest BCUT2D eigenvalue weighted by atomic mass is 10.2. The van der Waals surface area contributed by atoms with Crippen molar-refractivity contribution >= 4 is 6.03 Å². The fourth-order valence-corrected chi connectivity index (χ4v) is 2.21. The van der Waals surface area contributed by atoms with E-state index in [1.807, 2.05) is 0 Å². The molecule has 0 aliphatic carbocycles. The van der Waals surface area contributed by atoms with Gasteiger partial charge in [-0.1, -0.05) is 18.2 Å². The number of benzene rings is 1. The van der Waals surface area contributed by atoms with Gasteiger partial charge < -0.3 is 15.3 Å². The lowest BCUT2D eigenvalue weighted by Crippen LogP contribution is -2.43. The Bertz CT molecular complexity index is 425. The highest BCUT2D eigenvalue weighted by atomic mass is 19.1. The van der Waals surface area contributed by atoms with Crippen molar-refractivity contribution in [2.75, 3.05) is 13.2 Å². The number of urea groups is 1. The van der Waals surface area contributed by atoms with Crippen LogP contribution in [-0.4, -0.2) is 35.2 Å². The van der Waals surface area contributed by atoms with Crippen LogP contribution in [0.2, 0.25) is 0 Å². The SMILES string of the molecule is O=C(NCc1ccccc1F)N1CCC[C@H]1CO. The first kappa shape index (κ1) is 12.8. The molecule has 0 bridgehead atoms. The number of carbonyl (C=O) groups is 1. The number of carbonyl (C=O) groups excluding carboxylic acids is 1. The number of hydrogen-bond acceptors (Lipinski definition) is 2. The van der Waals surface area contributed by atoms with Crippen molar-refractivity contribution < 1.29 is 14.3 Å². The second kappa shape index (κ2) is 5.82. The van der Waals surface area contributed by atoms with Crippen molar-refractivity contribution in [2.24, 2.45) is 0 Å². The number of likely N-dealkylation sites (tertiary alicyclic amines) is 1. The molecule has 0 radical (unpaired) electrons. The third kappa shape index (κ3) is 2.79. The van der Waals surface area contributed by atoms with Crippen molar-refractivity contribution in [1.29, 1.82) is 0 Å². The van der Waals surface area contributed by atoms with Crippen LogP contribution in [0.3, 0.4) is 0 Å². The Morgan fingerprint density at radius 2 is 2.28 bits per heavy atom. The van der Waals surface area contributed by atoms with Gasteiger partial charge in [0.25, 0.3) is 0 Å². The maximum absolute atomic E-state index is 13.4. The van der Waals surface area contributed by atoms with E-state index in [0.717, 1.165) is 12.8 Å². The molecule has 1 aromatic carbocycles. The number of rotatable bonds is 3. The van der Waals surface area contributed by atoms with Gasteiger partial charge in [0.15, 0.2) is 0 Å². The van der Waals surface area contributed by atoms with Gasteiger partial charge in [-0.05, 0) is 18.9 Å². The lowest BCUT2D eigenvalue weighted by molar-refractivity contribution is 0.157. The number of nitrogens with one attached hydrogen (secondary N) is 1. The Kier molecular flexibility index (Phi) is 4.15. The van der Waals surface area contributed by atoms with E-state index in [1.54, 1.807) is 23.1 Å². The second-order valence-electron chi connectivity index (χ2n) is 4.42. The fourth-order valence-electron chi connectivity index (χ4n) is 2.21. The quantitative estimate of drug-likeness (QED) is 0.856. The van der Waals surface area contributed by atoms with Gasteiger partial charge in [0.05, 0.1) is 12.6 Å². The number of aliphatic hydroxyl groups is 1. The molecule has 2 rings (SSSR count). The number of amides is 2. The molecular weight excluding hydrogens is 235 g/mol. The van der Waals surface area contributed by atoms with Gasteiger partial charge in [0, 0.05) is 18.7 Å². The van der Waals surface area contributed by atoms with Crippen LogP contribution in [0.4, 0.5) is 9.18 Å². The molecule has 0 saturated carbocycles. The Hall–Kier alpha value is -1.62. The third-order valence-corrected chi connectivity index (χ3v) is 3.24. The molecule has 1 fully saturated rings. The predicted molar refractivity (Wildman–Crippen MR) is 65.4 cm³/mol. The van der Waals surface area contributed by atoms with Gasteiger partial charge in [0.2, 0.25) is 0 Å². The molecule has 1 atom stereocenters. The minimum Gasteiger partial charge on any atom is -0.394 e. The average molecular weight is 252 g/mol. The molecule has 98 valence electrons. The maximum Gasteiger partial charge on any atom is 0.317 e. The molecule has 1 saturated heterocycles. The van der Waals surface area contributed by atoms with Crippen molar-refractivity contribution in [3.05, 3.63) is 35.6 Å². The summed E-state index contributed by atoms with van der Waals surface area (Å²) in [7, 11) is 0. The maximum atomic E-state index is 13.4. The Balaban J connectivity index is 1.90. The molecule has 18 heavy (non-hydrogen) atoms. The monoisotopic (exact) mass is 252 g/mol. The smallest absolute Gasteiger partial charge is 0.317 e. The highest BCUT2D eigenvalue weighted by Gasteiger charge is 2.27. The minimum absolute atomic E-state index is 0.0207. The Morgan fingerprint density at radius 1 is 1.50 bits per heavy atom. The molecular formula is C13H17FN2O2. The van der Waals surface area contributed by atoms with Crippen LogP contribution >= 0.6 is 0 Å². The van der Waals surface area contributed by atoms with Gasteiger partial charge in [-0.3, -0.25) is 0 Å². The molecule has 1 aliphatic rings. The van der Waals surface area contributed by atoms with Crippen LogP contribution in [0.15, 0.2) is 24.3 Å². The molecule has 5 heteroatoms. The van der Waals surface area contributed by atoms with E-state index in [9.17, 15) is 9.18 Å². The van der Waals surface area contributed by atoms with Gasteiger partial charge in [0.1, 0.15) is 5.82 Å². The van der Waals surface area contributed by atoms with Crippen molar-refractivity contribution in [3.8, 4) is 0 Å². The highest BCUT2D eigenvalue weighted by molar-refractivity contribution is 5.74. The van der Waals surface area contributed by atoms with E-state index in [1.165, 1.54) is 6.07 Å². The summed E-state index contributed by atoms with van der Waals surface area (Å²) in [5, 5.41) is 11.8. The number of nitrogens with zero attached hydrogens (tertiary/aromatic N) is 1. The number of halogens is 1. The van der Waals surface area contributed by atoms with Crippen LogP contribution in [-0.2, 0) is 6.54 Å². The zero-order chi connectivity index (χ0) is 13.0. The van der Waals surface area contributed by atoms with Gasteiger partial charge in [-0.2, -0.15) is 0 Å². The zero-order valence-corrected chi connectivity index (χ0v) is 10.1. The number of hydrogen-bond donors (Lipinski definition) is 2. The normalized spacial score (nSPS) is 19.0. The molecule has 0 aromatic heterocycles. The molecule has 1 aromatic rings. The van der Waals surface area contributed by atoms with Crippen LogP contribution < -0.4 is 5.32 Å². The molecule has 4 nitrogen and oxygen atoms in total. The summed E-state index contributed by atoms with van der Waals surface area (Å²) < 4.78 is 13.4. The van der Waals surface area contributed by atoms with E-state index >= 15 is 0 Å². The van der Waals surface area contributed by atoms with Crippen LogP contribution in [0.5, 0.6) is 0 Å². The number of aliphatic hydroxyl groups excluding tert-OH is 1. The average Bonchev–Trinajstić information content (AvgIpc) is 2.86. The summed E-state index contributed by atoms with van der Waals surface area (Å²) in [4.78, 5) is 13.5. The first-order valence-corrected chi connectivity index (χ1v) is 6.11. The van der Waals surface area contributed by atoms with E-state index in [2.05, 4.69) is 5.32 Å². The summed E-state index contributed by atoms with van der Waals surface area (Å²) >= 11 is 0. The molecule has 2 N–H and O–H groups in total. The zero-order valence-electron chi connectivity index (χ0n) is 10.1. The van der Waals surface area contributed by atoms with Crippen LogP contribution in [0.1, 0.15) is 18.4 Å². The van der Waals surface area contributed by atoms with E-state index in [-0.39, 0.29) is 31.0 Å². The summed E-state index contributed by atoms with van der Waals surface area (Å²) in [6, 6.07) is 6.01. The van der Waals surface area contributed by atoms with E-state index < -0.39 is 0 Å². The fraction of sp³-hybridized carbons (Fsp3) is 0.462. The Labute approximate surface area is 105 Å². The van der Waals surface area contributed by atoms with Crippen molar-refractivity contribution in [3.63, 3.8) is 0 Å². The highest BCUT2D eigenvalue weighted by Crippen LogP contribution is 2.16. The molecule has 0 unspecified atom stereocenters. The van der Waals surface area contributed by atoms with E-state index in [4.69, 9.17) is 5.11 Å². The summed E-state index contributed by atoms with van der Waals surface area (Å²) in [5.41, 5.74) is 0.464. The lowest BCUT2D eigenvalue weighted by Gasteiger charge is -2.23. The van der Waals surface area contributed by atoms with Crippen molar-refractivity contribution in [1.82, 2.24) is 10.2 Å². The molecule has 1 aliphatic heterocycles. The van der Waals surface area contributed by atoms with Gasteiger partial charge >= 0.3 is 6.03 Å². The first-order valence-electron chi connectivity index (χ1n) is 6.11. The Morgan fingerprint density at radius 3 is 3.00 bits per heavy atom. The summed E-state index contributed by atoms with van der Waals surface area (Å²) in [6.07, 6.45) is 1.72. The van der Waals surface area contributed by atoms with Gasteiger partial charge in [-0.25, -0.2) is 9.18 Å². The summed E-state index contributed by atoms with van der Waals surface area (Å²) in [5.74, 6) is -0.321. The first-order chi connectivity index (χ1) is 8.72. The van der Waals surface area contributed by atoms with Crippen LogP contribution in [0, 0.1) is 5.82 Å².